The van der Waals surface area contributed by atoms with Gasteiger partial charge in [0.25, 0.3) is 0 Å². The Hall–Kier alpha value is -1.62. The number of piperidine rings is 1. The van der Waals surface area contributed by atoms with E-state index >= 15 is 0 Å². The second-order valence-electron chi connectivity index (χ2n) is 5.34. The minimum atomic E-state index is -0.896. The molecule has 2 heterocycles. The van der Waals surface area contributed by atoms with Crippen molar-refractivity contribution in [3.8, 4) is 0 Å². The Morgan fingerprint density at radius 2 is 2.26 bits per heavy atom. The predicted octanol–water partition coefficient (Wildman–Crippen LogP) is 1.62. The van der Waals surface area contributed by atoms with Crippen molar-refractivity contribution in [3.05, 3.63) is 23.4 Å². The first-order chi connectivity index (χ1) is 9.00. The summed E-state index contributed by atoms with van der Waals surface area (Å²) >= 11 is 0. The van der Waals surface area contributed by atoms with Crippen molar-refractivity contribution >= 4 is 11.8 Å². The Morgan fingerprint density at radius 3 is 2.89 bits per heavy atom. The predicted molar refractivity (Wildman–Crippen MR) is 74.9 cm³/mol. The maximum Gasteiger partial charge on any atom is 0.339 e. The maximum atomic E-state index is 11.4. The molecule has 1 saturated heterocycles. The molecule has 0 saturated carbocycles. The zero-order valence-corrected chi connectivity index (χ0v) is 11.8. The Morgan fingerprint density at radius 1 is 1.53 bits per heavy atom. The van der Waals surface area contributed by atoms with Crippen LogP contribution in [0.2, 0.25) is 0 Å². The van der Waals surface area contributed by atoms with Crippen LogP contribution in [-0.4, -0.2) is 54.2 Å². The van der Waals surface area contributed by atoms with Crippen LogP contribution in [0.4, 0.5) is 5.82 Å². The molecular formula is C14H21N3O2. The molecule has 0 spiro atoms. The average molecular weight is 263 g/mol. The molecule has 0 radical (unpaired) electrons. The van der Waals surface area contributed by atoms with E-state index in [0.29, 0.717) is 17.4 Å². The number of rotatable bonds is 3. The molecule has 0 aromatic carbocycles. The maximum absolute atomic E-state index is 11.4. The van der Waals surface area contributed by atoms with Crippen molar-refractivity contribution in [2.24, 2.45) is 0 Å². The Kier molecular flexibility index (Phi) is 4.04. The third-order valence-corrected chi connectivity index (χ3v) is 3.78. The first-order valence-electron chi connectivity index (χ1n) is 6.61. The van der Waals surface area contributed by atoms with E-state index in [1.807, 2.05) is 6.92 Å². The number of pyridine rings is 1. The number of carboxylic acid groups (broad SMARTS) is 1. The molecule has 2 rings (SSSR count). The van der Waals surface area contributed by atoms with Gasteiger partial charge in [0.2, 0.25) is 0 Å². The summed E-state index contributed by atoms with van der Waals surface area (Å²) < 4.78 is 0. The smallest absolute Gasteiger partial charge is 0.339 e. The summed E-state index contributed by atoms with van der Waals surface area (Å²) in [4.78, 5) is 20.0. The lowest BCUT2D eigenvalue weighted by Crippen LogP contribution is -2.46. The normalized spacial score (nSPS) is 19.8. The van der Waals surface area contributed by atoms with Gasteiger partial charge >= 0.3 is 5.97 Å². The van der Waals surface area contributed by atoms with Gasteiger partial charge in [0, 0.05) is 25.3 Å². The molecule has 1 aromatic heterocycles. The highest BCUT2D eigenvalue weighted by Crippen LogP contribution is 2.25. The van der Waals surface area contributed by atoms with Crippen molar-refractivity contribution in [1.82, 2.24) is 9.88 Å². The monoisotopic (exact) mass is 263 g/mol. The number of likely N-dealkylation sites (N-methyl/N-ethyl adjacent to an activating group) is 1. The molecule has 1 fully saturated rings. The van der Waals surface area contributed by atoms with Crippen molar-refractivity contribution < 1.29 is 9.90 Å². The first-order valence-corrected chi connectivity index (χ1v) is 6.61. The molecule has 5 heteroatoms. The number of anilines is 1. The molecule has 1 aliphatic heterocycles. The van der Waals surface area contributed by atoms with E-state index in [-0.39, 0.29) is 0 Å². The lowest BCUT2D eigenvalue weighted by Gasteiger charge is -2.37. The zero-order valence-electron chi connectivity index (χ0n) is 11.8. The quantitative estimate of drug-likeness (QED) is 0.898. The largest absolute Gasteiger partial charge is 0.478 e. The van der Waals surface area contributed by atoms with Crippen LogP contribution in [0.25, 0.3) is 0 Å². The van der Waals surface area contributed by atoms with Gasteiger partial charge in [-0.1, -0.05) is 0 Å². The third-order valence-electron chi connectivity index (χ3n) is 3.78. The molecule has 1 atom stereocenters. The summed E-state index contributed by atoms with van der Waals surface area (Å²) in [5.74, 6) is -0.286. The summed E-state index contributed by atoms with van der Waals surface area (Å²) in [6.07, 6.45) is 3.91. The molecular weight excluding hydrogens is 242 g/mol. The second kappa shape index (κ2) is 5.57. The number of aromatic carboxylic acids is 1. The minimum absolute atomic E-state index is 0.335. The van der Waals surface area contributed by atoms with Crippen LogP contribution in [0.3, 0.4) is 0 Å². The van der Waals surface area contributed by atoms with E-state index in [0.717, 1.165) is 31.5 Å². The molecule has 0 aliphatic carbocycles. The summed E-state index contributed by atoms with van der Waals surface area (Å²) in [7, 11) is 4.13. The fourth-order valence-electron chi connectivity index (χ4n) is 2.62. The van der Waals surface area contributed by atoms with E-state index in [9.17, 15) is 9.90 Å². The molecule has 5 nitrogen and oxygen atoms in total. The van der Waals surface area contributed by atoms with Gasteiger partial charge in [0.1, 0.15) is 11.4 Å². The van der Waals surface area contributed by atoms with Crippen LogP contribution in [0.5, 0.6) is 0 Å². The van der Waals surface area contributed by atoms with Gasteiger partial charge in [-0.15, -0.1) is 0 Å². The topological polar surface area (TPSA) is 56.7 Å². The fourth-order valence-corrected chi connectivity index (χ4v) is 2.62. The number of hydrogen-bond donors (Lipinski definition) is 1. The van der Waals surface area contributed by atoms with E-state index in [2.05, 4.69) is 28.9 Å². The lowest BCUT2D eigenvalue weighted by molar-refractivity contribution is 0.0696. The highest BCUT2D eigenvalue weighted by Gasteiger charge is 2.26. The van der Waals surface area contributed by atoms with Crippen molar-refractivity contribution in [2.75, 3.05) is 32.1 Å². The summed E-state index contributed by atoms with van der Waals surface area (Å²) in [5.41, 5.74) is 1.10. The van der Waals surface area contributed by atoms with Crippen molar-refractivity contribution in [1.29, 1.82) is 0 Å². The molecule has 0 bridgehead atoms. The van der Waals surface area contributed by atoms with Crippen LogP contribution in [0, 0.1) is 6.92 Å². The number of carboxylic acids is 1. The number of hydrogen-bond acceptors (Lipinski definition) is 4. The molecule has 104 valence electrons. The van der Waals surface area contributed by atoms with Crippen molar-refractivity contribution in [3.63, 3.8) is 0 Å². The third kappa shape index (κ3) is 2.87. The molecule has 1 aliphatic rings. The van der Waals surface area contributed by atoms with Crippen molar-refractivity contribution in [2.45, 2.75) is 25.8 Å². The van der Waals surface area contributed by atoms with Crippen LogP contribution in [0.15, 0.2) is 12.3 Å². The summed E-state index contributed by atoms with van der Waals surface area (Å²) in [6, 6.07) is 2.21. The Balaban J connectivity index is 2.31. The van der Waals surface area contributed by atoms with Gasteiger partial charge in [-0.3, -0.25) is 0 Å². The van der Waals surface area contributed by atoms with E-state index < -0.39 is 5.97 Å². The SMILES string of the molecule is Cc1ccnc(N2CCCC(N(C)C)C2)c1C(=O)O. The second-order valence-corrected chi connectivity index (χ2v) is 5.34. The molecule has 0 amide bonds. The van der Waals surface area contributed by atoms with Crippen LogP contribution < -0.4 is 4.90 Å². The lowest BCUT2D eigenvalue weighted by atomic mass is 10.0. The van der Waals surface area contributed by atoms with E-state index in [1.165, 1.54) is 0 Å². The Labute approximate surface area is 113 Å². The number of aryl methyl sites for hydroxylation is 1. The van der Waals surface area contributed by atoms with E-state index in [4.69, 9.17) is 0 Å². The van der Waals surface area contributed by atoms with Gasteiger partial charge < -0.3 is 14.9 Å². The number of carbonyl (C=O) groups is 1. The number of nitrogens with zero attached hydrogens (tertiary/aromatic N) is 3. The minimum Gasteiger partial charge on any atom is -0.478 e. The summed E-state index contributed by atoms with van der Waals surface area (Å²) in [6.45, 7) is 3.53. The molecule has 1 N–H and O–H groups in total. The average Bonchev–Trinajstić information content (AvgIpc) is 2.38. The fraction of sp³-hybridized carbons (Fsp3) is 0.571. The van der Waals surface area contributed by atoms with Gasteiger partial charge in [-0.2, -0.15) is 0 Å². The standard InChI is InChI=1S/C14H21N3O2/c1-10-6-7-15-13(12(10)14(18)19)17-8-4-5-11(9-17)16(2)3/h6-7,11H,4-5,8-9H2,1-3H3,(H,18,19). The van der Waals surface area contributed by atoms with Crippen LogP contribution in [-0.2, 0) is 0 Å². The van der Waals surface area contributed by atoms with Crippen LogP contribution >= 0.6 is 0 Å². The molecule has 19 heavy (non-hydrogen) atoms. The Bertz CT molecular complexity index is 474. The zero-order chi connectivity index (χ0) is 14.0. The molecule has 1 unspecified atom stereocenters. The summed E-state index contributed by atoms with van der Waals surface area (Å²) in [5, 5.41) is 9.38. The van der Waals surface area contributed by atoms with Gasteiger partial charge in [-0.05, 0) is 45.5 Å². The first kappa shape index (κ1) is 13.8. The van der Waals surface area contributed by atoms with Crippen LogP contribution in [0.1, 0.15) is 28.8 Å². The van der Waals surface area contributed by atoms with Gasteiger partial charge in [0.05, 0.1) is 0 Å². The molecule has 1 aromatic rings. The number of aromatic nitrogens is 1. The van der Waals surface area contributed by atoms with Gasteiger partial charge in [-0.25, -0.2) is 9.78 Å². The highest BCUT2D eigenvalue weighted by molar-refractivity contribution is 5.95. The van der Waals surface area contributed by atoms with E-state index in [1.54, 1.807) is 12.3 Å². The highest BCUT2D eigenvalue weighted by atomic mass is 16.4. The van der Waals surface area contributed by atoms with Gasteiger partial charge in [0.15, 0.2) is 0 Å².